The third-order valence-corrected chi connectivity index (χ3v) is 6.18. The number of nitrogens with zero attached hydrogens (tertiary/aromatic N) is 3. The molecule has 1 heterocycles. The molecule has 0 radical (unpaired) electrons. The molecule has 10 heteroatoms. The van der Waals surface area contributed by atoms with Crippen LogP contribution in [0.5, 0.6) is 0 Å². The van der Waals surface area contributed by atoms with Gasteiger partial charge in [-0.2, -0.15) is 23.5 Å². The molecule has 0 saturated heterocycles. The van der Waals surface area contributed by atoms with E-state index in [1.165, 1.54) is 31.2 Å². The van der Waals surface area contributed by atoms with E-state index < -0.39 is 17.6 Å². The van der Waals surface area contributed by atoms with E-state index in [0.717, 1.165) is 37.4 Å². The highest BCUT2D eigenvalue weighted by atomic mass is 19.4. The van der Waals surface area contributed by atoms with Gasteiger partial charge in [-0.1, -0.05) is 0 Å². The largest absolute Gasteiger partial charge is 0.416 e. The van der Waals surface area contributed by atoms with Crippen LogP contribution in [0.1, 0.15) is 54.1 Å². The molecule has 3 atom stereocenters. The number of carbonyl (C=O) groups excluding carboxylic acids is 1. The molecule has 170 valence electrons. The first-order valence-corrected chi connectivity index (χ1v) is 10.7. The molecule has 0 spiro atoms. The second-order valence-corrected chi connectivity index (χ2v) is 8.60. The standard InChI is InChI=1S/C22H25F3N6O/c23-22(24,25)15-3-5-16(6-4-15)29-21-18(20(27)32)12-31(30-21)19-8-7-17(9-14(19)10-26)28-11-13-1-2-13/h3-6,12-14,17,19,28H,1-2,7-9,11H2,(H2,27,32)(H,29,30). The highest BCUT2D eigenvalue weighted by molar-refractivity contribution is 5.98. The number of amides is 1. The monoisotopic (exact) mass is 446 g/mol. The molecule has 32 heavy (non-hydrogen) atoms. The summed E-state index contributed by atoms with van der Waals surface area (Å²) < 4.78 is 40.0. The Labute approximate surface area is 183 Å². The lowest BCUT2D eigenvalue weighted by atomic mass is 9.82. The lowest BCUT2D eigenvalue weighted by molar-refractivity contribution is -0.137. The van der Waals surface area contributed by atoms with Crippen LogP contribution in [0.3, 0.4) is 0 Å². The van der Waals surface area contributed by atoms with E-state index in [4.69, 9.17) is 5.73 Å². The van der Waals surface area contributed by atoms with Crippen molar-refractivity contribution < 1.29 is 18.0 Å². The molecule has 2 aliphatic rings. The molecule has 2 saturated carbocycles. The molecule has 2 aliphatic carbocycles. The van der Waals surface area contributed by atoms with Crippen LogP contribution in [0, 0.1) is 23.2 Å². The zero-order chi connectivity index (χ0) is 22.9. The summed E-state index contributed by atoms with van der Waals surface area (Å²) in [7, 11) is 0. The minimum atomic E-state index is -4.43. The maximum atomic E-state index is 12.8. The Kier molecular flexibility index (Phi) is 6.11. The molecule has 4 N–H and O–H groups in total. The van der Waals surface area contributed by atoms with E-state index in [9.17, 15) is 23.2 Å². The van der Waals surface area contributed by atoms with Crippen molar-refractivity contribution >= 4 is 17.4 Å². The number of primary amides is 1. The van der Waals surface area contributed by atoms with E-state index in [1.807, 2.05) is 0 Å². The van der Waals surface area contributed by atoms with Crippen molar-refractivity contribution in [3.63, 3.8) is 0 Å². The molecule has 4 rings (SSSR count). The summed E-state index contributed by atoms with van der Waals surface area (Å²) in [5.41, 5.74) is 5.19. The number of carbonyl (C=O) groups is 1. The molecule has 2 fully saturated rings. The Bertz CT molecular complexity index is 1010. The fraction of sp³-hybridized carbons (Fsp3) is 0.500. The number of benzene rings is 1. The summed E-state index contributed by atoms with van der Waals surface area (Å²) in [4.78, 5) is 12.0. The van der Waals surface area contributed by atoms with Gasteiger partial charge in [-0.25, -0.2) is 0 Å². The molecular weight excluding hydrogens is 421 g/mol. The van der Waals surface area contributed by atoms with Gasteiger partial charge in [0.2, 0.25) is 0 Å². The van der Waals surface area contributed by atoms with Gasteiger partial charge in [-0.3, -0.25) is 9.48 Å². The number of hydrogen-bond acceptors (Lipinski definition) is 5. The fourth-order valence-corrected chi connectivity index (χ4v) is 4.16. The van der Waals surface area contributed by atoms with E-state index in [-0.39, 0.29) is 29.4 Å². The lowest BCUT2D eigenvalue weighted by Gasteiger charge is -2.33. The highest BCUT2D eigenvalue weighted by Crippen LogP contribution is 2.36. The predicted molar refractivity (Wildman–Crippen MR) is 112 cm³/mol. The molecule has 1 aromatic carbocycles. The van der Waals surface area contributed by atoms with Gasteiger partial charge in [0.05, 0.1) is 23.6 Å². The number of aromatic nitrogens is 2. The number of halogens is 3. The Morgan fingerprint density at radius 2 is 1.94 bits per heavy atom. The van der Waals surface area contributed by atoms with Gasteiger partial charge >= 0.3 is 6.18 Å². The van der Waals surface area contributed by atoms with Crippen molar-refractivity contribution in [3.8, 4) is 6.07 Å². The number of rotatable bonds is 7. The summed E-state index contributed by atoms with van der Waals surface area (Å²) in [6.07, 6.45) is 1.92. The van der Waals surface area contributed by atoms with Gasteiger partial charge in [0, 0.05) is 17.9 Å². The quantitative estimate of drug-likeness (QED) is 0.596. The van der Waals surface area contributed by atoms with Crippen molar-refractivity contribution in [2.75, 3.05) is 11.9 Å². The van der Waals surface area contributed by atoms with Crippen molar-refractivity contribution in [2.24, 2.45) is 17.6 Å². The minimum absolute atomic E-state index is 0.121. The van der Waals surface area contributed by atoms with Crippen molar-refractivity contribution in [3.05, 3.63) is 41.6 Å². The third kappa shape index (κ3) is 5.05. The number of hydrogen-bond donors (Lipinski definition) is 3. The molecule has 1 aromatic heterocycles. The van der Waals surface area contributed by atoms with Crippen LogP contribution >= 0.6 is 0 Å². The van der Waals surface area contributed by atoms with Gasteiger partial charge in [0.15, 0.2) is 5.82 Å². The summed E-state index contributed by atoms with van der Waals surface area (Å²) >= 11 is 0. The fourth-order valence-electron chi connectivity index (χ4n) is 4.16. The van der Waals surface area contributed by atoms with Gasteiger partial charge in [-0.05, 0) is 68.8 Å². The van der Waals surface area contributed by atoms with E-state index in [2.05, 4.69) is 21.8 Å². The van der Waals surface area contributed by atoms with Crippen LogP contribution in [0.4, 0.5) is 24.7 Å². The van der Waals surface area contributed by atoms with Crippen LogP contribution in [0.15, 0.2) is 30.5 Å². The zero-order valence-corrected chi connectivity index (χ0v) is 17.4. The Hall–Kier alpha value is -3.06. The number of anilines is 2. The average Bonchev–Trinajstić information content (AvgIpc) is 3.50. The van der Waals surface area contributed by atoms with E-state index in [1.54, 1.807) is 4.68 Å². The molecular formula is C22H25F3N6O. The normalized spacial score (nSPS) is 23.5. The summed E-state index contributed by atoms with van der Waals surface area (Å²) in [5, 5.41) is 20.6. The molecule has 0 aliphatic heterocycles. The first-order chi connectivity index (χ1) is 15.2. The molecule has 7 nitrogen and oxygen atoms in total. The smallest absolute Gasteiger partial charge is 0.365 e. The topological polar surface area (TPSA) is 109 Å². The van der Waals surface area contributed by atoms with Crippen molar-refractivity contribution in [2.45, 2.75) is 50.4 Å². The summed E-state index contributed by atoms with van der Waals surface area (Å²) in [6, 6.07) is 6.88. The lowest BCUT2D eigenvalue weighted by Crippen LogP contribution is -2.39. The van der Waals surface area contributed by atoms with Crippen LogP contribution in [0.2, 0.25) is 0 Å². The zero-order valence-electron chi connectivity index (χ0n) is 17.4. The summed E-state index contributed by atoms with van der Waals surface area (Å²) in [6.45, 7) is 0.988. The summed E-state index contributed by atoms with van der Waals surface area (Å²) in [5.74, 6) is -0.0711. The number of alkyl halides is 3. The second-order valence-electron chi connectivity index (χ2n) is 8.60. The predicted octanol–water partition coefficient (Wildman–Crippen LogP) is 3.98. The number of nitriles is 1. The Morgan fingerprint density at radius 3 is 2.53 bits per heavy atom. The van der Waals surface area contributed by atoms with Crippen molar-refractivity contribution in [1.82, 2.24) is 15.1 Å². The van der Waals surface area contributed by atoms with Gasteiger partial charge in [0.1, 0.15) is 5.56 Å². The molecule has 1 amide bonds. The first kappa shape index (κ1) is 22.1. The maximum absolute atomic E-state index is 12.8. The Balaban J connectivity index is 1.49. The molecule has 0 bridgehead atoms. The second kappa shape index (κ2) is 8.82. The highest BCUT2D eigenvalue weighted by Gasteiger charge is 2.34. The van der Waals surface area contributed by atoms with E-state index >= 15 is 0 Å². The average molecular weight is 446 g/mol. The van der Waals surface area contributed by atoms with Crippen LogP contribution < -0.4 is 16.4 Å². The minimum Gasteiger partial charge on any atom is -0.365 e. The number of nitrogens with two attached hydrogens (primary N) is 1. The van der Waals surface area contributed by atoms with Crippen LogP contribution in [-0.2, 0) is 6.18 Å². The van der Waals surface area contributed by atoms with Gasteiger partial charge in [0.25, 0.3) is 5.91 Å². The van der Waals surface area contributed by atoms with Crippen molar-refractivity contribution in [1.29, 1.82) is 5.26 Å². The van der Waals surface area contributed by atoms with Gasteiger partial charge in [-0.15, -0.1) is 0 Å². The first-order valence-electron chi connectivity index (χ1n) is 10.7. The van der Waals surface area contributed by atoms with Crippen LogP contribution in [0.25, 0.3) is 0 Å². The maximum Gasteiger partial charge on any atom is 0.416 e. The molecule has 2 aromatic rings. The van der Waals surface area contributed by atoms with Gasteiger partial charge < -0.3 is 16.4 Å². The van der Waals surface area contributed by atoms with E-state index in [0.29, 0.717) is 12.1 Å². The number of nitrogens with one attached hydrogen (secondary N) is 2. The SMILES string of the molecule is N#CC1CC(NCC2CC2)CCC1n1cc(C(N)=O)c(Nc2ccc(C(F)(F)F)cc2)n1. The third-order valence-electron chi connectivity index (χ3n) is 6.18. The molecule has 3 unspecified atom stereocenters. The Morgan fingerprint density at radius 1 is 1.22 bits per heavy atom. The van der Waals surface area contributed by atoms with Crippen LogP contribution in [-0.4, -0.2) is 28.3 Å².